The quantitative estimate of drug-likeness (QED) is 0.750. The van der Waals surface area contributed by atoms with Crippen LogP contribution in [0.3, 0.4) is 0 Å². The van der Waals surface area contributed by atoms with Crippen molar-refractivity contribution >= 4 is 11.3 Å². The second-order valence-corrected chi connectivity index (χ2v) is 4.63. The molecule has 0 aliphatic rings. The van der Waals surface area contributed by atoms with Crippen molar-refractivity contribution in [1.29, 1.82) is 0 Å². The van der Waals surface area contributed by atoms with Gasteiger partial charge in [-0.25, -0.2) is 4.98 Å². The Hall–Kier alpha value is -2.08. The summed E-state index contributed by atoms with van der Waals surface area (Å²) in [6.07, 6.45) is 0. The van der Waals surface area contributed by atoms with Gasteiger partial charge in [0.25, 0.3) is 0 Å². The first kappa shape index (κ1) is 10.1. The molecule has 3 aromatic rings. The van der Waals surface area contributed by atoms with Crippen LogP contribution in [0.5, 0.6) is 0 Å². The van der Waals surface area contributed by atoms with Crippen molar-refractivity contribution in [3.8, 4) is 22.6 Å². The Morgan fingerprint density at radius 1 is 1.12 bits per heavy atom. The van der Waals surface area contributed by atoms with Crippen LogP contribution in [-0.4, -0.2) is 25.6 Å². The molecule has 0 saturated carbocycles. The van der Waals surface area contributed by atoms with E-state index in [1.807, 2.05) is 31.2 Å². The highest BCUT2D eigenvalue weighted by Gasteiger charge is 2.05. The third-order valence-electron chi connectivity index (χ3n) is 2.40. The zero-order valence-electron chi connectivity index (χ0n) is 9.08. The Balaban J connectivity index is 1.95. The zero-order valence-corrected chi connectivity index (χ0v) is 9.90. The van der Waals surface area contributed by atoms with Crippen LogP contribution in [-0.2, 0) is 0 Å². The van der Waals surface area contributed by atoms with Gasteiger partial charge in [0.2, 0.25) is 5.82 Å². The van der Waals surface area contributed by atoms with E-state index in [-0.39, 0.29) is 0 Å². The summed E-state index contributed by atoms with van der Waals surface area (Å²) >= 11 is 1.65. The van der Waals surface area contributed by atoms with Crippen LogP contribution in [0, 0.1) is 6.92 Å². The molecule has 6 heteroatoms. The molecule has 1 aromatic carbocycles. The van der Waals surface area contributed by atoms with Crippen LogP contribution < -0.4 is 0 Å². The number of H-pyrrole nitrogens is 1. The highest BCUT2D eigenvalue weighted by Crippen LogP contribution is 2.23. The standard InChI is InChI=1S/C11H9N5S/c1-7-12-10(6-17-7)8-2-4-9(5-3-8)11-13-15-16-14-11/h2-6H,1H3,(H,13,14,15,16). The topological polar surface area (TPSA) is 67.3 Å². The second-order valence-electron chi connectivity index (χ2n) is 3.56. The molecule has 0 atom stereocenters. The molecule has 0 spiro atoms. The lowest BCUT2D eigenvalue weighted by atomic mass is 10.1. The predicted molar refractivity (Wildman–Crippen MR) is 65.5 cm³/mol. The normalized spacial score (nSPS) is 10.6. The van der Waals surface area contributed by atoms with Gasteiger partial charge in [0.1, 0.15) is 0 Å². The average molecular weight is 243 g/mol. The van der Waals surface area contributed by atoms with Gasteiger partial charge in [-0.3, -0.25) is 0 Å². The van der Waals surface area contributed by atoms with Gasteiger partial charge in [0.05, 0.1) is 10.7 Å². The number of aryl methyl sites for hydroxylation is 1. The largest absolute Gasteiger partial charge is 0.242 e. The maximum Gasteiger partial charge on any atom is 0.204 e. The molecule has 0 amide bonds. The van der Waals surface area contributed by atoms with E-state index in [9.17, 15) is 0 Å². The number of hydrogen-bond donors (Lipinski definition) is 1. The van der Waals surface area contributed by atoms with Crippen molar-refractivity contribution < 1.29 is 0 Å². The Morgan fingerprint density at radius 3 is 2.47 bits per heavy atom. The smallest absolute Gasteiger partial charge is 0.204 e. The van der Waals surface area contributed by atoms with Crippen molar-refractivity contribution in [2.24, 2.45) is 0 Å². The van der Waals surface area contributed by atoms with Crippen LogP contribution in [0.25, 0.3) is 22.6 Å². The number of benzene rings is 1. The highest BCUT2D eigenvalue weighted by atomic mass is 32.1. The average Bonchev–Trinajstić information content (AvgIpc) is 3.00. The lowest BCUT2D eigenvalue weighted by Gasteiger charge is -1.98. The Labute approximate surface area is 102 Å². The van der Waals surface area contributed by atoms with E-state index in [4.69, 9.17) is 0 Å². The molecule has 17 heavy (non-hydrogen) atoms. The van der Waals surface area contributed by atoms with Gasteiger partial charge in [-0.05, 0) is 12.1 Å². The number of rotatable bonds is 2. The number of aromatic amines is 1. The fraction of sp³-hybridized carbons (Fsp3) is 0.0909. The van der Waals surface area contributed by atoms with Crippen LogP contribution >= 0.6 is 11.3 Å². The van der Waals surface area contributed by atoms with Crippen molar-refractivity contribution in [3.05, 3.63) is 34.7 Å². The monoisotopic (exact) mass is 243 g/mol. The van der Waals surface area contributed by atoms with Gasteiger partial charge in [0, 0.05) is 16.5 Å². The van der Waals surface area contributed by atoms with Crippen LogP contribution in [0.1, 0.15) is 5.01 Å². The lowest BCUT2D eigenvalue weighted by molar-refractivity contribution is 0.881. The fourth-order valence-electron chi connectivity index (χ4n) is 1.57. The molecule has 1 N–H and O–H groups in total. The number of aromatic nitrogens is 5. The maximum atomic E-state index is 4.44. The summed E-state index contributed by atoms with van der Waals surface area (Å²) in [5.41, 5.74) is 3.04. The van der Waals surface area contributed by atoms with E-state index < -0.39 is 0 Å². The number of tetrazole rings is 1. The van der Waals surface area contributed by atoms with E-state index in [1.165, 1.54) is 0 Å². The second kappa shape index (κ2) is 4.06. The molecule has 2 heterocycles. The first-order valence-corrected chi connectivity index (χ1v) is 5.97. The summed E-state index contributed by atoms with van der Waals surface area (Å²) in [5, 5.41) is 17.0. The van der Waals surface area contributed by atoms with Gasteiger partial charge < -0.3 is 0 Å². The van der Waals surface area contributed by atoms with Gasteiger partial charge in [0.15, 0.2) is 0 Å². The molecule has 3 rings (SSSR count). The lowest BCUT2D eigenvalue weighted by Crippen LogP contribution is -1.82. The van der Waals surface area contributed by atoms with E-state index in [1.54, 1.807) is 11.3 Å². The van der Waals surface area contributed by atoms with Gasteiger partial charge >= 0.3 is 0 Å². The van der Waals surface area contributed by atoms with Gasteiger partial charge in [-0.15, -0.1) is 21.5 Å². The molecular weight excluding hydrogens is 234 g/mol. The van der Waals surface area contributed by atoms with Gasteiger partial charge in [-0.1, -0.05) is 24.3 Å². The first-order valence-electron chi connectivity index (χ1n) is 5.09. The summed E-state index contributed by atoms with van der Waals surface area (Å²) < 4.78 is 0. The van der Waals surface area contributed by atoms with E-state index in [0.29, 0.717) is 5.82 Å². The zero-order chi connectivity index (χ0) is 11.7. The van der Waals surface area contributed by atoms with E-state index in [0.717, 1.165) is 21.8 Å². The minimum atomic E-state index is 0.603. The third-order valence-corrected chi connectivity index (χ3v) is 3.18. The molecule has 5 nitrogen and oxygen atoms in total. The van der Waals surface area contributed by atoms with Crippen LogP contribution in [0.4, 0.5) is 0 Å². The summed E-state index contributed by atoms with van der Waals surface area (Å²) in [6.45, 7) is 2.00. The molecule has 0 bridgehead atoms. The maximum absolute atomic E-state index is 4.44. The molecule has 2 aromatic heterocycles. The number of thiazole rings is 1. The summed E-state index contributed by atoms with van der Waals surface area (Å²) in [7, 11) is 0. The van der Waals surface area contributed by atoms with Crippen molar-refractivity contribution in [2.45, 2.75) is 6.92 Å². The summed E-state index contributed by atoms with van der Waals surface area (Å²) in [6, 6.07) is 7.96. The number of nitrogens with zero attached hydrogens (tertiary/aromatic N) is 4. The predicted octanol–water partition coefficient (Wildman–Crippen LogP) is 2.30. The number of nitrogens with one attached hydrogen (secondary N) is 1. The third kappa shape index (κ3) is 1.94. The van der Waals surface area contributed by atoms with Crippen molar-refractivity contribution in [3.63, 3.8) is 0 Å². The van der Waals surface area contributed by atoms with Crippen LogP contribution in [0.2, 0.25) is 0 Å². The highest BCUT2D eigenvalue weighted by molar-refractivity contribution is 7.09. The molecule has 0 aliphatic carbocycles. The first-order chi connectivity index (χ1) is 8.33. The summed E-state index contributed by atoms with van der Waals surface area (Å²) in [5.74, 6) is 0.603. The Morgan fingerprint density at radius 2 is 1.88 bits per heavy atom. The SMILES string of the molecule is Cc1nc(-c2ccc(-c3nn[nH]n3)cc2)cs1. The number of hydrogen-bond acceptors (Lipinski definition) is 5. The molecule has 0 fully saturated rings. The summed E-state index contributed by atoms with van der Waals surface area (Å²) in [4.78, 5) is 4.44. The molecule has 0 aliphatic heterocycles. The van der Waals surface area contributed by atoms with E-state index >= 15 is 0 Å². The molecule has 84 valence electrons. The molecule has 0 unspecified atom stereocenters. The van der Waals surface area contributed by atoms with Gasteiger partial charge in [-0.2, -0.15) is 5.21 Å². The Kier molecular flexibility index (Phi) is 2.41. The van der Waals surface area contributed by atoms with Crippen molar-refractivity contribution in [2.75, 3.05) is 0 Å². The van der Waals surface area contributed by atoms with Crippen LogP contribution in [0.15, 0.2) is 29.6 Å². The molecular formula is C11H9N5S. The minimum absolute atomic E-state index is 0.603. The molecule has 0 radical (unpaired) electrons. The Bertz CT molecular complexity index is 612. The van der Waals surface area contributed by atoms with Crippen molar-refractivity contribution in [1.82, 2.24) is 25.6 Å². The molecule has 0 saturated heterocycles. The minimum Gasteiger partial charge on any atom is -0.242 e. The van der Waals surface area contributed by atoms with E-state index in [2.05, 4.69) is 31.0 Å². The fourth-order valence-corrected chi connectivity index (χ4v) is 2.19.